The van der Waals surface area contributed by atoms with Gasteiger partial charge >= 0.3 is 6.03 Å². The third-order valence-electron chi connectivity index (χ3n) is 4.23. The van der Waals surface area contributed by atoms with Gasteiger partial charge in [0, 0.05) is 23.2 Å². The Kier molecular flexibility index (Phi) is 4.56. The van der Waals surface area contributed by atoms with Crippen molar-refractivity contribution in [3.63, 3.8) is 0 Å². The number of benzene rings is 1. The quantitative estimate of drug-likeness (QED) is 0.747. The lowest BCUT2D eigenvalue weighted by Gasteiger charge is -2.13. The van der Waals surface area contributed by atoms with Gasteiger partial charge in [-0.05, 0) is 38.3 Å². The van der Waals surface area contributed by atoms with Crippen LogP contribution in [-0.2, 0) is 6.42 Å². The Bertz CT molecular complexity index is 867. The minimum atomic E-state index is -0.724. The highest BCUT2D eigenvalue weighted by atomic mass is 16.4. The van der Waals surface area contributed by atoms with Gasteiger partial charge in [-0.1, -0.05) is 18.2 Å². The van der Waals surface area contributed by atoms with Crippen LogP contribution in [0.15, 0.2) is 33.8 Å². The summed E-state index contributed by atoms with van der Waals surface area (Å²) in [6.07, 6.45) is 2.24. The summed E-state index contributed by atoms with van der Waals surface area (Å²) < 4.78 is 5.81. The third kappa shape index (κ3) is 3.40. The van der Waals surface area contributed by atoms with Gasteiger partial charge in [-0.15, -0.1) is 0 Å². The van der Waals surface area contributed by atoms with Crippen LogP contribution in [0.3, 0.4) is 0 Å². The average Bonchev–Trinajstić information content (AvgIpc) is 2.93. The Morgan fingerprint density at radius 2 is 1.96 bits per heavy atom. The molecule has 0 unspecified atom stereocenters. The molecule has 0 atom stereocenters. The molecule has 2 aromatic rings. The molecule has 1 heterocycles. The van der Waals surface area contributed by atoms with Crippen molar-refractivity contribution in [1.29, 1.82) is 0 Å². The second kappa shape index (κ2) is 6.80. The first-order chi connectivity index (χ1) is 12.0. The number of primary amides is 1. The molecule has 1 aromatic heterocycles. The lowest BCUT2D eigenvalue weighted by molar-refractivity contribution is 0.0994. The minimum Gasteiger partial charge on any atom is -0.455 e. The topological polar surface area (TPSA) is 110 Å². The van der Waals surface area contributed by atoms with E-state index in [0.29, 0.717) is 23.5 Å². The molecule has 0 radical (unpaired) electrons. The summed E-state index contributed by atoms with van der Waals surface area (Å²) in [5, 5.41) is 6.94. The number of carbonyl (C=O) groups excluding carboxylic acids is 2. The van der Waals surface area contributed by atoms with Crippen LogP contribution in [0.2, 0.25) is 0 Å². The fraction of sp³-hybridized carbons (Fsp3) is 0.278. The molecule has 7 nitrogen and oxygen atoms in total. The number of amides is 3. The van der Waals surface area contributed by atoms with Gasteiger partial charge in [0.05, 0.1) is 5.71 Å². The van der Waals surface area contributed by atoms with Crippen molar-refractivity contribution in [3.05, 3.63) is 52.5 Å². The monoisotopic (exact) mass is 340 g/mol. The van der Waals surface area contributed by atoms with Gasteiger partial charge in [-0.2, -0.15) is 5.10 Å². The van der Waals surface area contributed by atoms with Crippen LogP contribution < -0.4 is 16.5 Å². The summed E-state index contributed by atoms with van der Waals surface area (Å²) in [6.45, 7) is 3.75. The maximum atomic E-state index is 12.6. The molecule has 0 fully saturated rings. The minimum absolute atomic E-state index is 0.266. The number of aryl methyl sites for hydroxylation is 2. The lowest BCUT2D eigenvalue weighted by Crippen LogP contribution is -2.27. The molecule has 0 bridgehead atoms. The fourth-order valence-electron chi connectivity index (χ4n) is 3.01. The van der Waals surface area contributed by atoms with Crippen molar-refractivity contribution in [2.45, 2.75) is 33.1 Å². The maximum absolute atomic E-state index is 12.6. The molecule has 3 rings (SSSR count). The van der Waals surface area contributed by atoms with Crippen LogP contribution in [0.5, 0.6) is 0 Å². The number of furan rings is 1. The van der Waals surface area contributed by atoms with Gasteiger partial charge in [-0.3, -0.25) is 4.79 Å². The number of hydrogen-bond donors (Lipinski definition) is 3. The zero-order valence-electron chi connectivity index (χ0n) is 14.2. The molecule has 1 aromatic carbocycles. The van der Waals surface area contributed by atoms with E-state index in [1.807, 2.05) is 38.1 Å². The van der Waals surface area contributed by atoms with E-state index < -0.39 is 6.03 Å². The first-order valence-corrected chi connectivity index (χ1v) is 8.09. The molecule has 4 N–H and O–H groups in total. The average molecular weight is 340 g/mol. The van der Waals surface area contributed by atoms with Gasteiger partial charge in [0.25, 0.3) is 5.91 Å². The predicted molar refractivity (Wildman–Crippen MR) is 94.8 cm³/mol. The highest BCUT2D eigenvalue weighted by Crippen LogP contribution is 2.30. The standard InChI is InChI=1S/C18H20N4O3/c1-10-6-3-4-7-12(10)20-17(23)16-11(2)15-13(21-22-18(19)24)8-5-9-14(15)25-16/h3-4,6-7H,5,8-9H2,1-2H3,(H,20,23)(H3,19,22,24)/b21-13+. The van der Waals surface area contributed by atoms with Gasteiger partial charge in [-0.25, -0.2) is 10.2 Å². The molecule has 130 valence electrons. The van der Waals surface area contributed by atoms with Crippen LogP contribution in [0, 0.1) is 13.8 Å². The first kappa shape index (κ1) is 16.8. The van der Waals surface area contributed by atoms with Crippen LogP contribution in [0.25, 0.3) is 0 Å². The number of hydrogen-bond acceptors (Lipinski definition) is 4. The third-order valence-corrected chi connectivity index (χ3v) is 4.23. The van der Waals surface area contributed by atoms with Crippen molar-refractivity contribution >= 4 is 23.3 Å². The molecular weight excluding hydrogens is 320 g/mol. The summed E-state index contributed by atoms with van der Waals surface area (Å²) in [5.41, 5.74) is 11.2. The van der Waals surface area contributed by atoms with Crippen LogP contribution in [0.1, 0.15) is 45.8 Å². The van der Waals surface area contributed by atoms with Gasteiger partial charge in [0.15, 0.2) is 5.76 Å². The smallest absolute Gasteiger partial charge is 0.332 e. The molecular formula is C18H20N4O3. The summed E-state index contributed by atoms with van der Waals surface area (Å²) in [5.74, 6) is 0.675. The van der Waals surface area contributed by atoms with E-state index in [4.69, 9.17) is 10.2 Å². The predicted octanol–water partition coefficient (Wildman–Crippen LogP) is 2.86. The highest BCUT2D eigenvalue weighted by Gasteiger charge is 2.28. The number of carbonyl (C=O) groups is 2. The van der Waals surface area contributed by atoms with Crippen LogP contribution >= 0.6 is 0 Å². The second-order valence-corrected chi connectivity index (χ2v) is 6.01. The van der Waals surface area contributed by atoms with Crippen molar-refractivity contribution in [3.8, 4) is 0 Å². The number of anilines is 1. The number of para-hydroxylation sites is 1. The van der Waals surface area contributed by atoms with E-state index >= 15 is 0 Å². The Morgan fingerprint density at radius 1 is 1.20 bits per heavy atom. The van der Waals surface area contributed by atoms with E-state index in [0.717, 1.165) is 29.7 Å². The van der Waals surface area contributed by atoms with E-state index in [9.17, 15) is 9.59 Å². The molecule has 0 saturated carbocycles. The van der Waals surface area contributed by atoms with Crippen molar-refractivity contribution in [1.82, 2.24) is 5.43 Å². The molecule has 0 spiro atoms. The van der Waals surface area contributed by atoms with E-state index in [1.54, 1.807) is 0 Å². The Labute approximate surface area is 145 Å². The second-order valence-electron chi connectivity index (χ2n) is 6.01. The fourth-order valence-corrected chi connectivity index (χ4v) is 3.01. The van der Waals surface area contributed by atoms with Crippen LogP contribution in [0.4, 0.5) is 10.5 Å². The SMILES string of the molecule is Cc1ccccc1NC(=O)c1oc2c(c1C)/C(=N/NC(N)=O)CCC2. The first-order valence-electron chi connectivity index (χ1n) is 8.09. The number of hydrazone groups is 1. The Balaban J connectivity index is 1.92. The molecule has 0 saturated heterocycles. The molecule has 3 amide bonds. The maximum Gasteiger partial charge on any atom is 0.332 e. The number of fused-ring (bicyclic) bond motifs is 1. The van der Waals surface area contributed by atoms with Crippen LogP contribution in [-0.4, -0.2) is 17.6 Å². The lowest BCUT2D eigenvalue weighted by atomic mass is 9.93. The summed E-state index contributed by atoms with van der Waals surface area (Å²) in [7, 11) is 0. The largest absolute Gasteiger partial charge is 0.455 e. The van der Waals surface area contributed by atoms with Crippen molar-refractivity contribution in [2.75, 3.05) is 5.32 Å². The normalized spacial score (nSPS) is 14.9. The molecule has 1 aliphatic carbocycles. The highest BCUT2D eigenvalue weighted by molar-refractivity contribution is 6.09. The Hall–Kier alpha value is -3.09. The number of nitrogens with two attached hydrogens (primary N) is 1. The molecule has 25 heavy (non-hydrogen) atoms. The number of nitrogens with zero attached hydrogens (tertiary/aromatic N) is 1. The number of urea groups is 1. The zero-order chi connectivity index (χ0) is 18.0. The summed E-state index contributed by atoms with van der Waals surface area (Å²) >= 11 is 0. The zero-order valence-corrected chi connectivity index (χ0v) is 14.2. The molecule has 1 aliphatic rings. The van der Waals surface area contributed by atoms with Gasteiger partial charge < -0.3 is 15.5 Å². The number of nitrogens with one attached hydrogen (secondary N) is 2. The van der Waals surface area contributed by atoms with E-state index in [-0.39, 0.29) is 11.7 Å². The number of rotatable bonds is 3. The van der Waals surface area contributed by atoms with Gasteiger partial charge in [0.2, 0.25) is 0 Å². The summed E-state index contributed by atoms with van der Waals surface area (Å²) in [6, 6.07) is 6.82. The summed E-state index contributed by atoms with van der Waals surface area (Å²) in [4.78, 5) is 23.5. The van der Waals surface area contributed by atoms with Gasteiger partial charge in [0.1, 0.15) is 5.76 Å². The molecule has 0 aliphatic heterocycles. The van der Waals surface area contributed by atoms with E-state index in [2.05, 4.69) is 15.8 Å². The molecule has 7 heteroatoms. The van der Waals surface area contributed by atoms with Crippen molar-refractivity contribution in [2.24, 2.45) is 10.8 Å². The Morgan fingerprint density at radius 3 is 2.68 bits per heavy atom. The van der Waals surface area contributed by atoms with Crippen molar-refractivity contribution < 1.29 is 14.0 Å². The van der Waals surface area contributed by atoms with E-state index in [1.165, 1.54) is 0 Å².